The molecule has 0 bridgehead atoms. The molecule has 0 aliphatic rings. The van der Waals surface area contributed by atoms with E-state index in [4.69, 9.17) is 0 Å². The van der Waals surface area contributed by atoms with Crippen molar-refractivity contribution in [3.63, 3.8) is 0 Å². The summed E-state index contributed by atoms with van der Waals surface area (Å²) in [5.74, 6) is -0.0216. The zero-order chi connectivity index (χ0) is 16.9. The molecule has 0 heterocycles. The van der Waals surface area contributed by atoms with Gasteiger partial charge in [-0.05, 0) is 28.5 Å². The lowest BCUT2D eigenvalue weighted by Gasteiger charge is -2.12. The first kappa shape index (κ1) is 16.6. The molecule has 0 unspecified atom stereocenters. The van der Waals surface area contributed by atoms with Crippen molar-refractivity contribution < 1.29 is 4.79 Å². The molecule has 0 aliphatic carbocycles. The number of carbonyl (C=O) groups excluding carboxylic acids is 1. The standard InChI is InChI=1S/C21H21NOS/c1-15(2)24-20-13-6-5-12-19(20)21(23)22-14-17-10-7-9-16-8-3-4-11-18(16)17/h3-13,15H,14H2,1-2H3,(H,22,23). The van der Waals surface area contributed by atoms with Crippen LogP contribution in [0.2, 0.25) is 0 Å². The van der Waals surface area contributed by atoms with Gasteiger partial charge in [0.25, 0.3) is 5.91 Å². The summed E-state index contributed by atoms with van der Waals surface area (Å²) in [5.41, 5.74) is 1.88. The van der Waals surface area contributed by atoms with Crippen molar-refractivity contribution >= 4 is 28.4 Å². The van der Waals surface area contributed by atoms with Gasteiger partial charge in [-0.25, -0.2) is 0 Å². The molecule has 24 heavy (non-hydrogen) atoms. The SMILES string of the molecule is CC(C)Sc1ccccc1C(=O)NCc1cccc2ccccc12. The smallest absolute Gasteiger partial charge is 0.252 e. The first-order valence-electron chi connectivity index (χ1n) is 8.15. The summed E-state index contributed by atoms with van der Waals surface area (Å²) in [6, 6.07) is 22.2. The fourth-order valence-corrected chi connectivity index (χ4v) is 3.68. The molecule has 0 saturated carbocycles. The van der Waals surface area contributed by atoms with Gasteiger partial charge in [0, 0.05) is 16.7 Å². The van der Waals surface area contributed by atoms with E-state index in [1.807, 2.05) is 42.5 Å². The summed E-state index contributed by atoms with van der Waals surface area (Å²) in [6.45, 7) is 4.80. The molecule has 1 N–H and O–H groups in total. The summed E-state index contributed by atoms with van der Waals surface area (Å²) < 4.78 is 0. The third-order valence-corrected chi connectivity index (χ3v) is 4.90. The quantitative estimate of drug-likeness (QED) is 0.644. The average Bonchev–Trinajstić information content (AvgIpc) is 2.59. The maximum absolute atomic E-state index is 12.6. The van der Waals surface area contributed by atoms with E-state index in [1.165, 1.54) is 10.8 Å². The Bertz CT molecular complexity index is 852. The molecule has 0 spiro atoms. The van der Waals surface area contributed by atoms with Crippen LogP contribution >= 0.6 is 11.8 Å². The lowest BCUT2D eigenvalue weighted by atomic mass is 10.0. The predicted molar refractivity (Wildman–Crippen MR) is 103 cm³/mol. The number of thioether (sulfide) groups is 1. The minimum atomic E-state index is -0.0216. The summed E-state index contributed by atoms with van der Waals surface area (Å²) in [5, 5.41) is 5.89. The van der Waals surface area contributed by atoms with Crippen molar-refractivity contribution in [2.24, 2.45) is 0 Å². The van der Waals surface area contributed by atoms with Gasteiger partial charge in [0.1, 0.15) is 0 Å². The van der Waals surface area contributed by atoms with E-state index in [-0.39, 0.29) is 5.91 Å². The maximum Gasteiger partial charge on any atom is 0.252 e. The summed E-state index contributed by atoms with van der Waals surface area (Å²) in [4.78, 5) is 13.7. The van der Waals surface area contributed by atoms with Crippen molar-refractivity contribution in [1.29, 1.82) is 0 Å². The number of benzene rings is 3. The van der Waals surface area contributed by atoms with Crippen LogP contribution in [0.15, 0.2) is 71.6 Å². The van der Waals surface area contributed by atoms with Crippen LogP contribution in [0.5, 0.6) is 0 Å². The third-order valence-electron chi connectivity index (χ3n) is 3.81. The van der Waals surface area contributed by atoms with Crippen LogP contribution in [0.4, 0.5) is 0 Å². The fourth-order valence-electron chi connectivity index (χ4n) is 2.73. The van der Waals surface area contributed by atoms with Gasteiger partial charge < -0.3 is 5.32 Å². The van der Waals surface area contributed by atoms with Gasteiger partial charge in [0.05, 0.1) is 5.56 Å². The Morgan fingerprint density at radius 2 is 1.67 bits per heavy atom. The fraction of sp³-hybridized carbons (Fsp3) is 0.190. The van der Waals surface area contributed by atoms with E-state index < -0.39 is 0 Å². The number of hydrogen-bond acceptors (Lipinski definition) is 2. The van der Waals surface area contributed by atoms with E-state index in [9.17, 15) is 4.79 Å². The molecule has 3 aromatic carbocycles. The second-order valence-electron chi connectivity index (χ2n) is 5.98. The highest BCUT2D eigenvalue weighted by atomic mass is 32.2. The number of nitrogens with one attached hydrogen (secondary N) is 1. The second kappa shape index (κ2) is 7.54. The first-order valence-corrected chi connectivity index (χ1v) is 9.03. The van der Waals surface area contributed by atoms with Gasteiger partial charge in [0.2, 0.25) is 0 Å². The molecule has 0 saturated heterocycles. The van der Waals surface area contributed by atoms with Crippen LogP contribution in [-0.2, 0) is 6.54 Å². The van der Waals surface area contributed by atoms with E-state index in [0.717, 1.165) is 16.0 Å². The molecule has 3 aromatic rings. The van der Waals surface area contributed by atoms with Crippen molar-refractivity contribution in [2.75, 3.05) is 0 Å². The summed E-state index contributed by atoms with van der Waals surface area (Å²) >= 11 is 1.72. The van der Waals surface area contributed by atoms with E-state index in [0.29, 0.717) is 11.8 Å². The Morgan fingerprint density at radius 3 is 2.50 bits per heavy atom. The monoisotopic (exact) mass is 335 g/mol. The summed E-state index contributed by atoms with van der Waals surface area (Å²) in [6.07, 6.45) is 0. The minimum absolute atomic E-state index is 0.0216. The van der Waals surface area contributed by atoms with Crippen LogP contribution in [-0.4, -0.2) is 11.2 Å². The van der Waals surface area contributed by atoms with E-state index in [1.54, 1.807) is 11.8 Å². The highest BCUT2D eigenvalue weighted by Gasteiger charge is 2.12. The Kier molecular flexibility index (Phi) is 5.21. The zero-order valence-electron chi connectivity index (χ0n) is 14.0. The van der Waals surface area contributed by atoms with Crippen LogP contribution in [0.3, 0.4) is 0 Å². The van der Waals surface area contributed by atoms with Gasteiger partial charge >= 0.3 is 0 Å². The zero-order valence-corrected chi connectivity index (χ0v) is 14.8. The van der Waals surface area contributed by atoms with Crippen LogP contribution < -0.4 is 5.32 Å². The molecule has 0 atom stereocenters. The molecule has 3 heteroatoms. The lowest BCUT2D eigenvalue weighted by Crippen LogP contribution is -2.23. The van der Waals surface area contributed by atoms with Gasteiger partial charge in [0.15, 0.2) is 0 Å². The largest absolute Gasteiger partial charge is 0.348 e. The number of rotatable bonds is 5. The first-order chi connectivity index (χ1) is 11.6. The number of amides is 1. The van der Waals surface area contributed by atoms with Crippen molar-refractivity contribution in [2.45, 2.75) is 30.5 Å². The van der Waals surface area contributed by atoms with Gasteiger partial charge in [-0.15, -0.1) is 11.8 Å². The molecular formula is C21H21NOS. The molecule has 1 amide bonds. The Morgan fingerprint density at radius 1 is 0.958 bits per heavy atom. The van der Waals surface area contributed by atoms with E-state index >= 15 is 0 Å². The van der Waals surface area contributed by atoms with Crippen molar-refractivity contribution in [1.82, 2.24) is 5.32 Å². The third kappa shape index (κ3) is 3.80. The number of hydrogen-bond donors (Lipinski definition) is 1. The predicted octanol–water partition coefficient (Wildman–Crippen LogP) is 5.27. The van der Waals surface area contributed by atoms with Crippen LogP contribution in [0, 0.1) is 0 Å². The second-order valence-corrected chi connectivity index (χ2v) is 7.60. The number of fused-ring (bicyclic) bond motifs is 1. The topological polar surface area (TPSA) is 29.1 Å². The Balaban J connectivity index is 1.78. The molecule has 3 rings (SSSR count). The molecule has 0 aliphatic heterocycles. The van der Waals surface area contributed by atoms with Crippen molar-refractivity contribution in [3.05, 3.63) is 77.9 Å². The molecule has 0 aromatic heterocycles. The van der Waals surface area contributed by atoms with Crippen LogP contribution in [0.25, 0.3) is 10.8 Å². The molecule has 2 nitrogen and oxygen atoms in total. The Labute approximate surface area is 147 Å². The highest BCUT2D eigenvalue weighted by Crippen LogP contribution is 2.26. The highest BCUT2D eigenvalue weighted by molar-refractivity contribution is 8.00. The molecule has 0 fully saturated rings. The van der Waals surface area contributed by atoms with Gasteiger partial charge in [-0.2, -0.15) is 0 Å². The molecular weight excluding hydrogens is 314 g/mol. The van der Waals surface area contributed by atoms with Gasteiger partial charge in [-0.1, -0.05) is 68.4 Å². The minimum Gasteiger partial charge on any atom is -0.348 e. The average molecular weight is 335 g/mol. The van der Waals surface area contributed by atoms with Gasteiger partial charge in [-0.3, -0.25) is 4.79 Å². The maximum atomic E-state index is 12.6. The lowest BCUT2D eigenvalue weighted by molar-refractivity contribution is 0.0948. The van der Waals surface area contributed by atoms with E-state index in [2.05, 4.69) is 43.4 Å². The number of carbonyl (C=O) groups is 1. The normalized spacial score (nSPS) is 11.0. The Hall–Kier alpha value is -2.26. The van der Waals surface area contributed by atoms with Crippen LogP contribution in [0.1, 0.15) is 29.8 Å². The molecule has 0 radical (unpaired) electrons. The molecule has 122 valence electrons. The van der Waals surface area contributed by atoms with Crippen molar-refractivity contribution in [3.8, 4) is 0 Å². The summed E-state index contributed by atoms with van der Waals surface area (Å²) in [7, 11) is 0.